The average Bonchev–Trinajstić information content (AvgIpc) is 2.79. The van der Waals surface area contributed by atoms with E-state index in [1.807, 2.05) is 6.08 Å². The van der Waals surface area contributed by atoms with Crippen molar-refractivity contribution in [1.29, 1.82) is 5.26 Å². The summed E-state index contributed by atoms with van der Waals surface area (Å²) in [6, 6.07) is 2.71. The van der Waals surface area contributed by atoms with Gasteiger partial charge in [-0.25, -0.2) is 0 Å². The second kappa shape index (κ2) is 7.43. The third kappa shape index (κ3) is 4.34. The van der Waals surface area contributed by atoms with Gasteiger partial charge in [-0.2, -0.15) is 5.26 Å². The normalized spacial score (nSPS) is 18.6. The molecule has 16 heavy (non-hydrogen) atoms. The maximum atomic E-state index is 9.84. The standard InChI is InChI=1S/C13H22N2O/c1-2-3-8-13(16)11-15(10-9-14)12-6-4-5-7-12/h2,12-13,16H,1,3-8,10-11H2. The molecular formula is C13H22N2O. The molecule has 1 saturated carbocycles. The van der Waals surface area contributed by atoms with E-state index in [1.54, 1.807) is 0 Å². The smallest absolute Gasteiger partial charge is 0.0869 e. The van der Waals surface area contributed by atoms with Crippen molar-refractivity contribution in [2.75, 3.05) is 13.1 Å². The number of rotatable bonds is 7. The fourth-order valence-electron chi connectivity index (χ4n) is 2.38. The maximum Gasteiger partial charge on any atom is 0.0869 e. The van der Waals surface area contributed by atoms with Gasteiger partial charge in [0.25, 0.3) is 0 Å². The number of allylic oxidation sites excluding steroid dienone is 1. The summed E-state index contributed by atoms with van der Waals surface area (Å²) in [6.07, 6.45) is 7.96. The molecule has 0 amide bonds. The molecule has 1 N–H and O–H groups in total. The Labute approximate surface area is 98.4 Å². The number of hydrogen-bond donors (Lipinski definition) is 1. The lowest BCUT2D eigenvalue weighted by Crippen LogP contribution is -2.39. The molecule has 3 heteroatoms. The summed E-state index contributed by atoms with van der Waals surface area (Å²) >= 11 is 0. The monoisotopic (exact) mass is 222 g/mol. The zero-order valence-corrected chi connectivity index (χ0v) is 9.94. The van der Waals surface area contributed by atoms with Crippen LogP contribution in [0.2, 0.25) is 0 Å². The first-order chi connectivity index (χ1) is 7.77. The van der Waals surface area contributed by atoms with Crippen LogP contribution in [-0.2, 0) is 0 Å². The molecule has 1 rings (SSSR count). The Morgan fingerprint density at radius 3 is 2.75 bits per heavy atom. The highest BCUT2D eigenvalue weighted by Crippen LogP contribution is 2.23. The highest BCUT2D eigenvalue weighted by atomic mass is 16.3. The Hall–Kier alpha value is -0.850. The Kier molecular flexibility index (Phi) is 6.14. The number of aliphatic hydroxyl groups is 1. The lowest BCUT2D eigenvalue weighted by molar-refractivity contribution is 0.0911. The number of nitrogens with zero attached hydrogens (tertiary/aromatic N) is 2. The van der Waals surface area contributed by atoms with Crippen molar-refractivity contribution in [3.8, 4) is 6.07 Å². The van der Waals surface area contributed by atoms with Gasteiger partial charge in [0.15, 0.2) is 0 Å². The van der Waals surface area contributed by atoms with Gasteiger partial charge in [0.05, 0.1) is 18.7 Å². The number of nitriles is 1. The van der Waals surface area contributed by atoms with E-state index in [0.717, 1.165) is 12.8 Å². The molecule has 1 unspecified atom stereocenters. The largest absolute Gasteiger partial charge is 0.392 e. The summed E-state index contributed by atoms with van der Waals surface area (Å²) < 4.78 is 0. The molecule has 0 aromatic heterocycles. The summed E-state index contributed by atoms with van der Waals surface area (Å²) in [5, 5.41) is 18.6. The van der Waals surface area contributed by atoms with Crippen LogP contribution in [0.5, 0.6) is 0 Å². The zero-order chi connectivity index (χ0) is 11.8. The molecule has 1 atom stereocenters. The minimum Gasteiger partial charge on any atom is -0.392 e. The highest BCUT2D eigenvalue weighted by molar-refractivity contribution is 4.86. The van der Waals surface area contributed by atoms with Gasteiger partial charge in [0.2, 0.25) is 0 Å². The van der Waals surface area contributed by atoms with Crippen molar-refractivity contribution in [1.82, 2.24) is 4.90 Å². The van der Waals surface area contributed by atoms with Gasteiger partial charge in [-0.15, -0.1) is 6.58 Å². The van der Waals surface area contributed by atoms with Crippen LogP contribution in [0.25, 0.3) is 0 Å². The van der Waals surface area contributed by atoms with Crippen molar-refractivity contribution >= 4 is 0 Å². The van der Waals surface area contributed by atoms with E-state index in [4.69, 9.17) is 5.26 Å². The van der Waals surface area contributed by atoms with E-state index in [9.17, 15) is 5.11 Å². The zero-order valence-electron chi connectivity index (χ0n) is 9.94. The first-order valence-electron chi connectivity index (χ1n) is 6.18. The maximum absolute atomic E-state index is 9.84. The Morgan fingerprint density at radius 2 is 2.19 bits per heavy atom. The summed E-state index contributed by atoms with van der Waals surface area (Å²) in [5.74, 6) is 0. The Bertz CT molecular complexity index is 241. The molecule has 0 radical (unpaired) electrons. The second-order valence-corrected chi connectivity index (χ2v) is 4.55. The van der Waals surface area contributed by atoms with Crippen molar-refractivity contribution < 1.29 is 5.11 Å². The first-order valence-corrected chi connectivity index (χ1v) is 6.18. The van der Waals surface area contributed by atoms with E-state index in [0.29, 0.717) is 19.1 Å². The molecular weight excluding hydrogens is 200 g/mol. The van der Waals surface area contributed by atoms with Crippen LogP contribution in [0, 0.1) is 11.3 Å². The van der Waals surface area contributed by atoms with Gasteiger partial charge < -0.3 is 5.11 Å². The van der Waals surface area contributed by atoms with Gasteiger partial charge in [0, 0.05) is 12.6 Å². The third-order valence-electron chi connectivity index (χ3n) is 3.26. The molecule has 0 saturated heterocycles. The van der Waals surface area contributed by atoms with Gasteiger partial charge in [-0.1, -0.05) is 18.9 Å². The Balaban J connectivity index is 2.37. The van der Waals surface area contributed by atoms with E-state index in [-0.39, 0.29) is 6.10 Å². The molecule has 0 aliphatic heterocycles. The van der Waals surface area contributed by atoms with Crippen LogP contribution in [0.15, 0.2) is 12.7 Å². The number of aliphatic hydroxyl groups excluding tert-OH is 1. The van der Waals surface area contributed by atoms with Crippen LogP contribution in [0.4, 0.5) is 0 Å². The van der Waals surface area contributed by atoms with Crippen molar-refractivity contribution in [2.45, 2.75) is 50.7 Å². The van der Waals surface area contributed by atoms with Crippen LogP contribution < -0.4 is 0 Å². The van der Waals surface area contributed by atoms with Gasteiger partial charge in [0.1, 0.15) is 0 Å². The van der Waals surface area contributed by atoms with Crippen LogP contribution in [-0.4, -0.2) is 35.2 Å². The first kappa shape index (κ1) is 13.2. The molecule has 0 aromatic rings. The lowest BCUT2D eigenvalue weighted by Gasteiger charge is -2.28. The predicted molar refractivity (Wildman–Crippen MR) is 64.9 cm³/mol. The summed E-state index contributed by atoms with van der Waals surface area (Å²) in [5.41, 5.74) is 0. The molecule has 1 aliphatic carbocycles. The molecule has 1 aliphatic rings. The van der Waals surface area contributed by atoms with Crippen LogP contribution in [0.1, 0.15) is 38.5 Å². The second-order valence-electron chi connectivity index (χ2n) is 4.55. The SMILES string of the molecule is C=CCCC(O)CN(CC#N)C1CCCC1. The quantitative estimate of drug-likeness (QED) is 0.530. The molecule has 3 nitrogen and oxygen atoms in total. The third-order valence-corrected chi connectivity index (χ3v) is 3.26. The van der Waals surface area contributed by atoms with Gasteiger partial charge >= 0.3 is 0 Å². The topological polar surface area (TPSA) is 47.3 Å². The fraction of sp³-hybridized carbons (Fsp3) is 0.769. The lowest BCUT2D eigenvalue weighted by atomic mass is 10.1. The van der Waals surface area contributed by atoms with E-state index < -0.39 is 0 Å². The number of hydrogen-bond acceptors (Lipinski definition) is 3. The van der Waals surface area contributed by atoms with Crippen LogP contribution >= 0.6 is 0 Å². The minimum atomic E-state index is -0.327. The summed E-state index contributed by atoms with van der Waals surface area (Å²) in [6.45, 7) is 4.72. The minimum absolute atomic E-state index is 0.327. The van der Waals surface area contributed by atoms with Crippen molar-refractivity contribution in [3.63, 3.8) is 0 Å². The average molecular weight is 222 g/mol. The molecule has 1 fully saturated rings. The van der Waals surface area contributed by atoms with Crippen molar-refractivity contribution in [2.24, 2.45) is 0 Å². The molecule has 0 spiro atoms. The molecule has 0 aromatic carbocycles. The summed E-state index contributed by atoms with van der Waals surface area (Å²) in [4.78, 5) is 2.14. The van der Waals surface area contributed by atoms with E-state index >= 15 is 0 Å². The highest BCUT2D eigenvalue weighted by Gasteiger charge is 2.23. The van der Waals surface area contributed by atoms with E-state index in [2.05, 4.69) is 17.5 Å². The molecule has 90 valence electrons. The predicted octanol–water partition coefficient (Wildman–Crippen LogP) is 2.08. The Morgan fingerprint density at radius 1 is 1.50 bits per heavy atom. The van der Waals surface area contributed by atoms with Gasteiger partial charge in [-0.05, 0) is 25.7 Å². The fourth-order valence-corrected chi connectivity index (χ4v) is 2.38. The van der Waals surface area contributed by atoms with Crippen molar-refractivity contribution in [3.05, 3.63) is 12.7 Å². The summed E-state index contributed by atoms with van der Waals surface area (Å²) in [7, 11) is 0. The van der Waals surface area contributed by atoms with Crippen LogP contribution in [0.3, 0.4) is 0 Å². The molecule has 0 heterocycles. The van der Waals surface area contributed by atoms with Gasteiger partial charge in [-0.3, -0.25) is 4.90 Å². The van der Waals surface area contributed by atoms with E-state index in [1.165, 1.54) is 25.7 Å². The molecule has 0 bridgehead atoms.